The maximum absolute atomic E-state index is 13.0. The number of nitrogens with one attached hydrogen (secondary N) is 4. The van der Waals surface area contributed by atoms with E-state index in [0.717, 1.165) is 11.1 Å². The summed E-state index contributed by atoms with van der Waals surface area (Å²) in [5, 5.41) is 9.08. The third kappa shape index (κ3) is 4.46. The molecule has 0 unspecified atom stereocenters. The Bertz CT molecular complexity index is 1310. The van der Waals surface area contributed by atoms with E-state index in [4.69, 9.17) is 23.2 Å². The molecule has 32 heavy (non-hydrogen) atoms. The van der Waals surface area contributed by atoms with Crippen LogP contribution in [0.3, 0.4) is 0 Å². The minimum Gasteiger partial charge on any atom is -0.325 e. The van der Waals surface area contributed by atoms with Crippen LogP contribution in [0.15, 0.2) is 41.2 Å². The summed E-state index contributed by atoms with van der Waals surface area (Å²) in [5.41, 5.74) is 2.50. The molecule has 1 atom stereocenters. The molecule has 0 fully saturated rings. The van der Waals surface area contributed by atoms with Gasteiger partial charge in [0.2, 0.25) is 17.8 Å². The van der Waals surface area contributed by atoms with E-state index < -0.39 is 23.3 Å². The molecule has 0 saturated heterocycles. The lowest BCUT2D eigenvalue weighted by molar-refractivity contribution is -0.123. The summed E-state index contributed by atoms with van der Waals surface area (Å²) >= 11 is 12.1. The van der Waals surface area contributed by atoms with Crippen molar-refractivity contribution in [1.82, 2.24) is 9.97 Å². The Labute approximate surface area is 193 Å². The average Bonchev–Trinajstić information content (AvgIpc) is 2.72. The Morgan fingerprint density at radius 1 is 1.09 bits per heavy atom. The number of H-pyrrole nitrogens is 1. The van der Waals surface area contributed by atoms with Gasteiger partial charge in [0, 0.05) is 17.1 Å². The van der Waals surface area contributed by atoms with Gasteiger partial charge in [0.25, 0.3) is 5.56 Å². The lowest BCUT2D eigenvalue weighted by Crippen LogP contribution is -2.36. The number of amides is 2. The first-order valence-corrected chi connectivity index (χ1v) is 10.5. The summed E-state index contributed by atoms with van der Waals surface area (Å²) in [6, 6.07) is 10.5. The molecule has 8 nitrogen and oxygen atoms in total. The maximum Gasteiger partial charge on any atom is 0.258 e. The predicted molar refractivity (Wildman–Crippen MR) is 125 cm³/mol. The number of nitrogens with zero attached hydrogens (tertiary/aromatic N) is 1. The van der Waals surface area contributed by atoms with Gasteiger partial charge >= 0.3 is 0 Å². The minimum atomic E-state index is -0.983. The number of aromatic amines is 1. The number of fused-ring (bicyclic) bond motifs is 1. The molecule has 4 N–H and O–H groups in total. The second-order valence-corrected chi connectivity index (χ2v) is 8.38. The Morgan fingerprint density at radius 2 is 1.88 bits per heavy atom. The Kier molecular flexibility index (Phi) is 5.90. The Hall–Kier alpha value is -3.36. The fourth-order valence-corrected chi connectivity index (χ4v) is 3.92. The summed E-state index contributed by atoms with van der Waals surface area (Å²) < 4.78 is 0. The summed E-state index contributed by atoms with van der Waals surface area (Å²) in [7, 11) is 0. The van der Waals surface area contributed by atoms with Crippen LogP contribution in [-0.2, 0) is 9.59 Å². The van der Waals surface area contributed by atoms with Gasteiger partial charge in [-0.2, -0.15) is 4.98 Å². The lowest BCUT2D eigenvalue weighted by atomic mass is 9.92. The molecule has 0 saturated carbocycles. The molecular weight excluding hydrogens is 453 g/mol. The van der Waals surface area contributed by atoms with Crippen LogP contribution in [0.2, 0.25) is 10.0 Å². The number of benzene rings is 2. The van der Waals surface area contributed by atoms with Crippen LogP contribution in [0.1, 0.15) is 29.0 Å². The second kappa shape index (κ2) is 8.64. The van der Waals surface area contributed by atoms with Gasteiger partial charge in [-0.25, -0.2) is 0 Å². The first-order chi connectivity index (χ1) is 15.2. The monoisotopic (exact) mass is 471 g/mol. The smallest absolute Gasteiger partial charge is 0.258 e. The van der Waals surface area contributed by atoms with E-state index in [1.807, 2.05) is 32.0 Å². The van der Waals surface area contributed by atoms with Crippen LogP contribution >= 0.6 is 23.2 Å². The zero-order valence-electron chi connectivity index (χ0n) is 17.2. The summed E-state index contributed by atoms with van der Waals surface area (Å²) in [4.78, 5) is 45.1. The van der Waals surface area contributed by atoms with Crippen molar-refractivity contribution in [1.29, 1.82) is 0 Å². The van der Waals surface area contributed by atoms with Crippen molar-refractivity contribution in [3.8, 4) is 0 Å². The zero-order valence-corrected chi connectivity index (χ0v) is 18.7. The molecule has 1 aliphatic heterocycles. The third-order valence-corrected chi connectivity index (χ3v) is 5.65. The Balaban J connectivity index is 1.66. The van der Waals surface area contributed by atoms with Crippen LogP contribution in [0.5, 0.6) is 0 Å². The number of hydrogen-bond acceptors (Lipinski definition) is 5. The van der Waals surface area contributed by atoms with Crippen LogP contribution in [0.4, 0.5) is 23.1 Å². The van der Waals surface area contributed by atoms with E-state index in [-0.39, 0.29) is 23.8 Å². The number of carbonyl (C=O) groups excluding carboxylic acids is 2. The molecule has 0 radical (unpaired) electrons. The van der Waals surface area contributed by atoms with Crippen molar-refractivity contribution in [3.63, 3.8) is 0 Å². The highest BCUT2D eigenvalue weighted by atomic mass is 35.5. The van der Waals surface area contributed by atoms with Crippen LogP contribution in [-0.4, -0.2) is 21.8 Å². The number of carbonyl (C=O) groups is 2. The van der Waals surface area contributed by atoms with Gasteiger partial charge in [-0.1, -0.05) is 35.3 Å². The number of rotatable bonds is 4. The van der Waals surface area contributed by atoms with Crippen molar-refractivity contribution < 1.29 is 9.59 Å². The third-order valence-electron chi connectivity index (χ3n) is 5.10. The Morgan fingerprint density at radius 3 is 2.62 bits per heavy atom. The van der Waals surface area contributed by atoms with Gasteiger partial charge in [0.05, 0.1) is 22.2 Å². The number of anilines is 4. The van der Waals surface area contributed by atoms with Crippen molar-refractivity contribution in [2.45, 2.75) is 26.2 Å². The molecule has 1 aliphatic rings. The average molecular weight is 472 g/mol. The first-order valence-electron chi connectivity index (χ1n) is 9.75. The van der Waals surface area contributed by atoms with E-state index in [0.29, 0.717) is 21.4 Å². The van der Waals surface area contributed by atoms with Gasteiger partial charge in [0.1, 0.15) is 5.82 Å². The van der Waals surface area contributed by atoms with Gasteiger partial charge < -0.3 is 16.0 Å². The number of halogens is 2. The molecule has 2 aromatic carbocycles. The van der Waals surface area contributed by atoms with E-state index in [1.165, 1.54) is 6.07 Å². The molecule has 2 heterocycles. The number of hydrogen-bond donors (Lipinski definition) is 4. The highest BCUT2D eigenvalue weighted by Crippen LogP contribution is 2.32. The van der Waals surface area contributed by atoms with Crippen molar-refractivity contribution in [3.05, 3.63) is 73.5 Å². The topological polar surface area (TPSA) is 116 Å². The van der Waals surface area contributed by atoms with E-state index in [2.05, 4.69) is 25.9 Å². The van der Waals surface area contributed by atoms with Crippen molar-refractivity contribution >= 4 is 58.2 Å². The number of aromatic nitrogens is 2. The second-order valence-electron chi connectivity index (χ2n) is 7.54. The quantitative estimate of drug-likeness (QED) is 0.446. The van der Waals surface area contributed by atoms with Gasteiger partial charge in [-0.15, -0.1) is 0 Å². The molecule has 4 rings (SSSR count). The fourth-order valence-electron chi connectivity index (χ4n) is 3.46. The minimum absolute atomic E-state index is 0.0266. The molecule has 0 spiro atoms. The highest BCUT2D eigenvalue weighted by Gasteiger charge is 2.35. The standard InChI is InChI=1S/C22H19Cl2N5O3/c1-10-3-4-11(2)16(7-10)25-20(31)13-9-17(30)27-19-18(13)21(32)29-22(28-19)26-15-6-5-12(23)8-14(15)24/h3-8,13H,9H2,1-2H3,(H,25,31)(H3,26,27,28,29,30,32)/t13-/m1/s1. The fraction of sp³-hybridized carbons (Fsp3) is 0.182. The van der Waals surface area contributed by atoms with Crippen LogP contribution in [0.25, 0.3) is 0 Å². The molecule has 2 amide bonds. The maximum atomic E-state index is 13.0. The van der Waals surface area contributed by atoms with Crippen LogP contribution < -0.4 is 21.5 Å². The van der Waals surface area contributed by atoms with Crippen molar-refractivity contribution in [2.24, 2.45) is 0 Å². The normalized spacial score (nSPS) is 15.0. The zero-order chi connectivity index (χ0) is 23.0. The van der Waals surface area contributed by atoms with Gasteiger partial charge in [0.15, 0.2) is 0 Å². The molecule has 3 aromatic rings. The predicted octanol–water partition coefficient (Wildman–Crippen LogP) is 4.50. The summed E-state index contributed by atoms with van der Waals surface area (Å²) in [5.74, 6) is -1.76. The molecule has 1 aromatic heterocycles. The summed E-state index contributed by atoms with van der Waals surface area (Å²) in [6.45, 7) is 3.78. The molecule has 10 heteroatoms. The van der Waals surface area contributed by atoms with Gasteiger partial charge in [-0.05, 0) is 49.2 Å². The highest BCUT2D eigenvalue weighted by molar-refractivity contribution is 6.36. The van der Waals surface area contributed by atoms with E-state index >= 15 is 0 Å². The van der Waals surface area contributed by atoms with Gasteiger partial charge in [-0.3, -0.25) is 19.4 Å². The number of aryl methyl sites for hydroxylation is 2. The van der Waals surface area contributed by atoms with Crippen molar-refractivity contribution in [2.75, 3.05) is 16.0 Å². The molecule has 0 bridgehead atoms. The molecular formula is C22H19Cl2N5O3. The molecule has 164 valence electrons. The first kappa shape index (κ1) is 21.9. The van der Waals surface area contributed by atoms with E-state index in [1.54, 1.807) is 12.1 Å². The largest absolute Gasteiger partial charge is 0.325 e. The summed E-state index contributed by atoms with van der Waals surface area (Å²) in [6.07, 6.45) is -0.162. The molecule has 0 aliphatic carbocycles. The lowest BCUT2D eigenvalue weighted by Gasteiger charge is -2.24. The van der Waals surface area contributed by atoms with Crippen LogP contribution in [0, 0.1) is 13.8 Å². The SMILES string of the molecule is Cc1ccc(C)c(NC(=O)[C@@H]2CC(=O)Nc3nc(Nc4ccc(Cl)cc4Cl)[nH]c(=O)c32)c1. The van der Waals surface area contributed by atoms with E-state index in [9.17, 15) is 14.4 Å².